The van der Waals surface area contributed by atoms with E-state index in [1.807, 2.05) is 6.07 Å². The normalized spacial score (nSPS) is 20.1. The predicted molar refractivity (Wildman–Crippen MR) is 68.8 cm³/mol. The lowest BCUT2D eigenvalue weighted by Gasteiger charge is -2.21. The van der Waals surface area contributed by atoms with Crippen molar-refractivity contribution in [2.75, 3.05) is 20.1 Å². The van der Waals surface area contributed by atoms with E-state index in [2.05, 4.69) is 17.3 Å². The lowest BCUT2D eigenvalue weighted by Crippen LogP contribution is -2.34. The number of rotatable bonds is 4. The smallest absolute Gasteiger partial charge is 0.142 e. The van der Waals surface area contributed by atoms with Crippen molar-refractivity contribution < 1.29 is 4.39 Å². The van der Waals surface area contributed by atoms with E-state index in [-0.39, 0.29) is 10.8 Å². The number of nitrogens with zero attached hydrogens (tertiary/aromatic N) is 1. The average Bonchev–Trinajstić information content (AvgIpc) is 2.76. The SMILES string of the molecule is CN(Cc1ccc(Cl)c(F)c1)CC1CCCN1. The highest BCUT2D eigenvalue weighted by molar-refractivity contribution is 6.30. The molecule has 0 aromatic heterocycles. The molecule has 94 valence electrons. The molecule has 1 saturated heterocycles. The van der Waals surface area contributed by atoms with Crippen LogP contribution in [0.1, 0.15) is 18.4 Å². The molecular weight excluding hydrogens is 239 g/mol. The van der Waals surface area contributed by atoms with Gasteiger partial charge < -0.3 is 10.2 Å². The second-order valence-corrected chi connectivity index (χ2v) is 5.15. The molecule has 1 aliphatic heterocycles. The fourth-order valence-electron chi connectivity index (χ4n) is 2.30. The molecule has 1 N–H and O–H groups in total. The molecule has 1 aliphatic rings. The molecule has 0 amide bonds. The first-order valence-electron chi connectivity index (χ1n) is 6.01. The largest absolute Gasteiger partial charge is 0.313 e. The molecular formula is C13H18ClFN2. The molecule has 0 bridgehead atoms. The number of benzene rings is 1. The van der Waals surface area contributed by atoms with Gasteiger partial charge in [0.1, 0.15) is 5.82 Å². The Kier molecular flexibility index (Phi) is 4.37. The second-order valence-electron chi connectivity index (χ2n) is 4.74. The van der Waals surface area contributed by atoms with E-state index in [0.717, 1.165) is 25.2 Å². The molecule has 1 atom stereocenters. The number of likely N-dealkylation sites (N-methyl/N-ethyl adjacent to an activating group) is 1. The van der Waals surface area contributed by atoms with Gasteiger partial charge in [0.15, 0.2) is 0 Å². The number of hydrogen-bond acceptors (Lipinski definition) is 2. The summed E-state index contributed by atoms with van der Waals surface area (Å²) < 4.78 is 13.3. The molecule has 1 aromatic carbocycles. The highest BCUT2D eigenvalue weighted by Gasteiger charge is 2.16. The molecule has 2 nitrogen and oxygen atoms in total. The molecule has 0 aliphatic carbocycles. The van der Waals surface area contributed by atoms with Crippen LogP contribution in [0.15, 0.2) is 18.2 Å². The van der Waals surface area contributed by atoms with Crippen molar-refractivity contribution in [1.82, 2.24) is 10.2 Å². The van der Waals surface area contributed by atoms with E-state index in [1.165, 1.54) is 18.9 Å². The summed E-state index contributed by atoms with van der Waals surface area (Å²) in [5.74, 6) is -0.337. The summed E-state index contributed by atoms with van der Waals surface area (Å²) in [5, 5.41) is 3.65. The van der Waals surface area contributed by atoms with Crippen LogP contribution in [0.3, 0.4) is 0 Å². The fourth-order valence-corrected chi connectivity index (χ4v) is 2.42. The third-order valence-corrected chi connectivity index (χ3v) is 3.44. The van der Waals surface area contributed by atoms with Crippen LogP contribution in [0.25, 0.3) is 0 Å². The van der Waals surface area contributed by atoms with Gasteiger partial charge in [-0.05, 0) is 44.1 Å². The van der Waals surface area contributed by atoms with E-state index in [0.29, 0.717) is 6.04 Å². The topological polar surface area (TPSA) is 15.3 Å². The maximum Gasteiger partial charge on any atom is 0.142 e. The van der Waals surface area contributed by atoms with Crippen LogP contribution < -0.4 is 5.32 Å². The monoisotopic (exact) mass is 256 g/mol. The molecule has 17 heavy (non-hydrogen) atoms. The second kappa shape index (κ2) is 5.80. The Morgan fingerprint density at radius 1 is 1.53 bits per heavy atom. The van der Waals surface area contributed by atoms with Crippen LogP contribution in [-0.4, -0.2) is 31.1 Å². The Morgan fingerprint density at radius 2 is 2.35 bits per heavy atom. The Bertz CT molecular complexity index is 378. The number of halogens is 2. The van der Waals surface area contributed by atoms with E-state index < -0.39 is 0 Å². The average molecular weight is 257 g/mol. The van der Waals surface area contributed by atoms with Gasteiger partial charge >= 0.3 is 0 Å². The summed E-state index contributed by atoms with van der Waals surface area (Å²) in [6, 6.07) is 5.59. The zero-order valence-corrected chi connectivity index (χ0v) is 10.8. The van der Waals surface area contributed by atoms with E-state index in [9.17, 15) is 4.39 Å². The predicted octanol–water partition coefficient (Wildman–Crippen LogP) is 2.66. The van der Waals surface area contributed by atoms with Crippen molar-refractivity contribution in [2.24, 2.45) is 0 Å². The maximum atomic E-state index is 13.3. The lowest BCUT2D eigenvalue weighted by molar-refractivity contribution is 0.293. The molecule has 0 saturated carbocycles. The van der Waals surface area contributed by atoms with Gasteiger partial charge in [-0.1, -0.05) is 17.7 Å². The Morgan fingerprint density at radius 3 is 3.00 bits per heavy atom. The summed E-state index contributed by atoms with van der Waals surface area (Å²) in [7, 11) is 2.06. The standard InChI is InChI=1S/C13H18ClFN2/c1-17(9-11-3-2-6-16-11)8-10-4-5-12(14)13(15)7-10/h4-5,7,11,16H,2-3,6,8-9H2,1H3. The van der Waals surface area contributed by atoms with Gasteiger partial charge in [0.2, 0.25) is 0 Å². The summed E-state index contributed by atoms with van der Waals surface area (Å²) >= 11 is 5.66. The Balaban J connectivity index is 1.88. The third kappa shape index (κ3) is 3.66. The summed E-state index contributed by atoms with van der Waals surface area (Å²) in [6.07, 6.45) is 2.49. The Hall–Kier alpha value is -0.640. The minimum Gasteiger partial charge on any atom is -0.313 e. The summed E-state index contributed by atoms with van der Waals surface area (Å²) in [5.41, 5.74) is 0.965. The molecule has 0 radical (unpaired) electrons. The first-order chi connectivity index (χ1) is 8.15. The van der Waals surface area contributed by atoms with Crippen molar-refractivity contribution in [1.29, 1.82) is 0 Å². The molecule has 1 aromatic rings. The number of nitrogens with one attached hydrogen (secondary N) is 1. The minimum atomic E-state index is -0.337. The zero-order valence-electron chi connectivity index (χ0n) is 10.0. The van der Waals surface area contributed by atoms with Gasteiger partial charge in [-0.2, -0.15) is 0 Å². The van der Waals surface area contributed by atoms with E-state index >= 15 is 0 Å². The van der Waals surface area contributed by atoms with Crippen molar-refractivity contribution in [3.63, 3.8) is 0 Å². The molecule has 4 heteroatoms. The van der Waals surface area contributed by atoms with Crippen LogP contribution >= 0.6 is 11.6 Å². The van der Waals surface area contributed by atoms with Crippen LogP contribution in [0, 0.1) is 5.82 Å². The van der Waals surface area contributed by atoms with Crippen molar-refractivity contribution in [3.05, 3.63) is 34.6 Å². The molecule has 1 heterocycles. The highest BCUT2D eigenvalue weighted by atomic mass is 35.5. The van der Waals surface area contributed by atoms with Gasteiger partial charge in [0, 0.05) is 19.1 Å². The van der Waals surface area contributed by atoms with Crippen LogP contribution in [0.5, 0.6) is 0 Å². The van der Waals surface area contributed by atoms with Crippen LogP contribution in [-0.2, 0) is 6.54 Å². The van der Waals surface area contributed by atoms with E-state index in [1.54, 1.807) is 6.07 Å². The quantitative estimate of drug-likeness (QED) is 0.891. The van der Waals surface area contributed by atoms with Gasteiger partial charge in [-0.15, -0.1) is 0 Å². The summed E-state index contributed by atoms with van der Waals surface area (Å²) in [6.45, 7) is 2.88. The fraction of sp³-hybridized carbons (Fsp3) is 0.538. The zero-order chi connectivity index (χ0) is 12.3. The maximum absolute atomic E-state index is 13.3. The molecule has 1 fully saturated rings. The highest BCUT2D eigenvalue weighted by Crippen LogP contribution is 2.17. The van der Waals surface area contributed by atoms with Gasteiger partial charge in [-0.25, -0.2) is 4.39 Å². The minimum absolute atomic E-state index is 0.189. The Labute approximate surface area is 107 Å². The van der Waals surface area contributed by atoms with Crippen molar-refractivity contribution in [3.8, 4) is 0 Å². The lowest BCUT2D eigenvalue weighted by atomic mass is 10.2. The van der Waals surface area contributed by atoms with Gasteiger partial charge in [0.05, 0.1) is 5.02 Å². The number of hydrogen-bond donors (Lipinski definition) is 1. The van der Waals surface area contributed by atoms with Crippen molar-refractivity contribution >= 4 is 11.6 Å². The van der Waals surface area contributed by atoms with Gasteiger partial charge in [0.25, 0.3) is 0 Å². The molecule has 0 spiro atoms. The third-order valence-electron chi connectivity index (χ3n) is 3.13. The van der Waals surface area contributed by atoms with Crippen molar-refractivity contribution in [2.45, 2.75) is 25.4 Å². The first-order valence-corrected chi connectivity index (χ1v) is 6.39. The first kappa shape index (κ1) is 12.8. The van der Waals surface area contributed by atoms with E-state index in [4.69, 9.17) is 11.6 Å². The molecule has 1 unspecified atom stereocenters. The molecule has 2 rings (SSSR count). The van der Waals surface area contributed by atoms with Crippen LogP contribution in [0.2, 0.25) is 5.02 Å². The summed E-state index contributed by atoms with van der Waals surface area (Å²) in [4.78, 5) is 2.21. The van der Waals surface area contributed by atoms with Crippen LogP contribution in [0.4, 0.5) is 4.39 Å². The van der Waals surface area contributed by atoms with Gasteiger partial charge in [-0.3, -0.25) is 0 Å².